The van der Waals surface area contributed by atoms with Crippen molar-refractivity contribution in [3.05, 3.63) is 29.5 Å². The molecule has 2 aromatic heterocycles. The average Bonchev–Trinajstić information content (AvgIpc) is 3.23. The lowest BCUT2D eigenvalue weighted by Gasteiger charge is -2.35. The number of likely N-dealkylation sites (tertiary alicyclic amines) is 1. The number of methoxy groups -OCH3 is 1. The zero-order chi connectivity index (χ0) is 17.1. The molecule has 1 saturated heterocycles. The largest absolute Gasteiger partial charge is 0.468 e. The monoisotopic (exact) mass is 333 g/mol. The number of carbonyl (C=O) groups excluding carboxylic acids is 1. The lowest BCUT2D eigenvalue weighted by molar-refractivity contribution is 0.0597. The highest BCUT2D eigenvalue weighted by Gasteiger charge is 2.28. The van der Waals surface area contributed by atoms with E-state index in [1.807, 2.05) is 7.05 Å². The van der Waals surface area contributed by atoms with Gasteiger partial charge in [-0.3, -0.25) is 4.90 Å². The smallest absolute Gasteiger partial charge is 0.341 e. The van der Waals surface area contributed by atoms with Crippen molar-refractivity contribution in [1.82, 2.24) is 25.1 Å². The molecule has 0 saturated carbocycles. The van der Waals surface area contributed by atoms with Gasteiger partial charge in [0.05, 0.1) is 19.4 Å². The number of aryl methyl sites for hydroxylation is 1. The molecule has 130 valence electrons. The zero-order valence-electron chi connectivity index (χ0n) is 14.3. The molecule has 0 aromatic carbocycles. The number of tetrazole rings is 1. The van der Waals surface area contributed by atoms with Gasteiger partial charge in [-0.1, -0.05) is 0 Å². The van der Waals surface area contributed by atoms with E-state index in [1.165, 1.54) is 7.11 Å². The predicted molar refractivity (Wildman–Crippen MR) is 85.3 cm³/mol. The molecule has 8 nitrogen and oxygen atoms in total. The number of carbonyl (C=O) groups is 1. The molecule has 3 heterocycles. The van der Waals surface area contributed by atoms with E-state index in [0.29, 0.717) is 11.5 Å². The molecule has 0 amide bonds. The van der Waals surface area contributed by atoms with Gasteiger partial charge in [-0.2, -0.15) is 0 Å². The van der Waals surface area contributed by atoms with E-state index >= 15 is 0 Å². The topological polar surface area (TPSA) is 86.3 Å². The molecule has 0 spiro atoms. The van der Waals surface area contributed by atoms with Gasteiger partial charge >= 0.3 is 5.97 Å². The number of ether oxygens (including phenoxy) is 1. The van der Waals surface area contributed by atoms with E-state index < -0.39 is 0 Å². The minimum atomic E-state index is -0.334. The molecule has 0 radical (unpaired) electrons. The van der Waals surface area contributed by atoms with Gasteiger partial charge in [0.1, 0.15) is 11.3 Å². The molecule has 1 aliphatic rings. The van der Waals surface area contributed by atoms with Crippen molar-refractivity contribution in [2.45, 2.75) is 32.2 Å². The zero-order valence-corrected chi connectivity index (χ0v) is 14.3. The first kappa shape index (κ1) is 16.6. The van der Waals surface area contributed by atoms with E-state index in [4.69, 9.17) is 9.15 Å². The van der Waals surface area contributed by atoms with Gasteiger partial charge in [0.15, 0.2) is 5.82 Å². The first-order valence-corrected chi connectivity index (χ1v) is 8.21. The summed E-state index contributed by atoms with van der Waals surface area (Å²) in [6, 6.07) is 1.87. The number of piperidine rings is 1. The summed E-state index contributed by atoms with van der Waals surface area (Å²) in [5.74, 6) is 1.78. The molecular weight excluding hydrogens is 310 g/mol. The highest BCUT2D eigenvalue weighted by Crippen LogP contribution is 2.28. The first-order chi connectivity index (χ1) is 11.6. The number of furan rings is 1. The van der Waals surface area contributed by atoms with Crippen LogP contribution < -0.4 is 0 Å². The fourth-order valence-electron chi connectivity index (χ4n) is 3.35. The van der Waals surface area contributed by atoms with Gasteiger partial charge in [0.2, 0.25) is 0 Å². The van der Waals surface area contributed by atoms with Crippen LogP contribution in [0.15, 0.2) is 16.7 Å². The van der Waals surface area contributed by atoms with Crippen molar-refractivity contribution in [2.75, 3.05) is 20.2 Å². The molecule has 2 aromatic rings. The molecule has 0 unspecified atom stereocenters. The molecule has 1 aliphatic heterocycles. The van der Waals surface area contributed by atoms with Gasteiger partial charge < -0.3 is 9.15 Å². The summed E-state index contributed by atoms with van der Waals surface area (Å²) in [6.45, 7) is 4.09. The number of aromatic nitrogens is 4. The van der Waals surface area contributed by atoms with Gasteiger partial charge in [-0.05, 0) is 55.3 Å². The Morgan fingerprint density at radius 1 is 1.46 bits per heavy atom. The fourth-order valence-corrected chi connectivity index (χ4v) is 3.35. The molecule has 0 N–H and O–H groups in total. The molecule has 24 heavy (non-hydrogen) atoms. The summed E-state index contributed by atoms with van der Waals surface area (Å²) in [6.07, 6.45) is 4.43. The summed E-state index contributed by atoms with van der Waals surface area (Å²) in [5, 5.41) is 11.7. The standard InChI is InChI=1S/C16H23N5O3/c1-11(15-17-18-19-20(15)2)21-7-4-12(5-8-21)10-14-13(6-9-24-14)16(22)23-3/h6,9,11-12H,4-5,7-8,10H2,1-3H3/t11-/m1/s1. The SMILES string of the molecule is COC(=O)c1ccoc1CC1CCN([C@H](C)c2nnnn2C)CC1. The van der Waals surface area contributed by atoms with Crippen LogP contribution in [0.2, 0.25) is 0 Å². The number of hydrogen-bond acceptors (Lipinski definition) is 7. The number of esters is 1. The second kappa shape index (κ2) is 7.12. The van der Waals surface area contributed by atoms with Crippen molar-refractivity contribution in [1.29, 1.82) is 0 Å². The molecule has 0 bridgehead atoms. The fraction of sp³-hybridized carbons (Fsp3) is 0.625. The summed E-state index contributed by atoms with van der Waals surface area (Å²) in [4.78, 5) is 14.1. The Labute approximate surface area is 140 Å². The molecule has 1 atom stereocenters. The van der Waals surface area contributed by atoms with Crippen LogP contribution in [-0.4, -0.2) is 51.3 Å². The summed E-state index contributed by atoms with van der Waals surface area (Å²) in [7, 11) is 3.25. The first-order valence-electron chi connectivity index (χ1n) is 8.21. The van der Waals surface area contributed by atoms with Crippen LogP contribution in [0.1, 0.15) is 47.7 Å². The highest BCUT2D eigenvalue weighted by atomic mass is 16.5. The normalized spacial score (nSPS) is 17.8. The Hall–Kier alpha value is -2.22. The van der Waals surface area contributed by atoms with E-state index in [9.17, 15) is 4.79 Å². The Morgan fingerprint density at radius 3 is 2.83 bits per heavy atom. The minimum absolute atomic E-state index is 0.195. The van der Waals surface area contributed by atoms with Crippen LogP contribution in [0.5, 0.6) is 0 Å². The summed E-state index contributed by atoms with van der Waals surface area (Å²) in [5.41, 5.74) is 0.540. The quantitative estimate of drug-likeness (QED) is 0.768. The highest BCUT2D eigenvalue weighted by molar-refractivity contribution is 5.90. The van der Waals surface area contributed by atoms with Crippen molar-refractivity contribution >= 4 is 5.97 Å². The maximum atomic E-state index is 11.7. The molecule has 0 aliphatic carbocycles. The molecular formula is C16H23N5O3. The van der Waals surface area contributed by atoms with Crippen molar-refractivity contribution < 1.29 is 13.9 Å². The van der Waals surface area contributed by atoms with Gasteiger partial charge in [0.25, 0.3) is 0 Å². The van der Waals surface area contributed by atoms with E-state index in [1.54, 1.807) is 17.0 Å². The molecule has 8 heteroatoms. The Bertz CT molecular complexity index is 687. The summed E-state index contributed by atoms with van der Waals surface area (Å²) < 4.78 is 12.0. The van der Waals surface area contributed by atoms with Crippen LogP contribution in [0, 0.1) is 5.92 Å². The maximum absolute atomic E-state index is 11.7. The van der Waals surface area contributed by atoms with Gasteiger partial charge in [0, 0.05) is 13.5 Å². The van der Waals surface area contributed by atoms with Crippen LogP contribution in [0.4, 0.5) is 0 Å². The number of hydrogen-bond donors (Lipinski definition) is 0. The van der Waals surface area contributed by atoms with Gasteiger partial charge in [-0.25, -0.2) is 9.48 Å². The Kier molecular flexibility index (Phi) is 4.94. The lowest BCUT2D eigenvalue weighted by Crippen LogP contribution is -2.37. The van der Waals surface area contributed by atoms with E-state index in [0.717, 1.165) is 43.9 Å². The Morgan fingerprint density at radius 2 is 2.21 bits per heavy atom. The summed E-state index contributed by atoms with van der Waals surface area (Å²) >= 11 is 0. The average molecular weight is 333 g/mol. The third-order valence-electron chi connectivity index (χ3n) is 4.85. The van der Waals surface area contributed by atoms with Crippen LogP contribution in [-0.2, 0) is 18.2 Å². The third-order valence-corrected chi connectivity index (χ3v) is 4.85. The van der Waals surface area contributed by atoms with E-state index in [-0.39, 0.29) is 12.0 Å². The predicted octanol–water partition coefficient (Wildman–Crippen LogP) is 1.61. The van der Waals surface area contributed by atoms with Crippen LogP contribution in [0.3, 0.4) is 0 Å². The van der Waals surface area contributed by atoms with Crippen LogP contribution >= 0.6 is 0 Å². The second-order valence-electron chi connectivity index (χ2n) is 6.27. The molecule has 3 rings (SSSR count). The maximum Gasteiger partial charge on any atom is 0.341 e. The lowest BCUT2D eigenvalue weighted by atomic mass is 9.91. The van der Waals surface area contributed by atoms with Crippen LogP contribution in [0.25, 0.3) is 0 Å². The van der Waals surface area contributed by atoms with Crippen molar-refractivity contribution in [2.24, 2.45) is 13.0 Å². The third kappa shape index (κ3) is 3.33. The van der Waals surface area contributed by atoms with Crippen molar-refractivity contribution in [3.8, 4) is 0 Å². The number of rotatable bonds is 5. The molecule has 1 fully saturated rings. The second-order valence-corrected chi connectivity index (χ2v) is 6.27. The van der Waals surface area contributed by atoms with Crippen molar-refractivity contribution in [3.63, 3.8) is 0 Å². The van der Waals surface area contributed by atoms with Gasteiger partial charge in [-0.15, -0.1) is 5.10 Å². The number of nitrogens with zero attached hydrogens (tertiary/aromatic N) is 5. The Balaban J connectivity index is 1.57. The minimum Gasteiger partial charge on any atom is -0.468 e. The van der Waals surface area contributed by atoms with E-state index in [2.05, 4.69) is 27.3 Å².